The van der Waals surface area contributed by atoms with Crippen LogP contribution in [0.1, 0.15) is 5.56 Å². The highest BCUT2D eigenvalue weighted by molar-refractivity contribution is 6.11. The van der Waals surface area contributed by atoms with Crippen molar-refractivity contribution in [1.29, 1.82) is 0 Å². The molecule has 3 heterocycles. The second-order valence-electron chi connectivity index (χ2n) is 6.82. The number of hydrogen-bond donors (Lipinski definition) is 5. The minimum Gasteiger partial charge on any atom is -0.507 e. The standard InChI is InChI=1S/C19H20N6O5/c20-7-12-15(28)16(29)19(30-12)25-9-24(14-17(21)22-8-23-18(14)25)13(27)6-5-10-3-1-2-4-11(10)26/h1-4,8,12,15-16,19,26,28-29H,7,9,20H2,(H2,21,22,23)/t12-,15?,16?,19-/m1/s1. The van der Waals surface area contributed by atoms with Crippen LogP contribution in [0.2, 0.25) is 0 Å². The van der Waals surface area contributed by atoms with Gasteiger partial charge in [-0.1, -0.05) is 18.1 Å². The number of aromatic hydroxyl groups is 1. The van der Waals surface area contributed by atoms with Crippen LogP contribution >= 0.6 is 0 Å². The second kappa shape index (κ2) is 7.77. The number of fused-ring (bicyclic) bond motifs is 1. The molecule has 1 aromatic carbocycles. The molecule has 4 rings (SSSR count). The number of aliphatic hydroxyl groups is 2. The Hall–Kier alpha value is -3.43. The highest BCUT2D eigenvalue weighted by Gasteiger charge is 2.49. The first-order valence-electron chi connectivity index (χ1n) is 9.12. The van der Waals surface area contributed by atoms with E-state index in [0.717, 1.165) is 0 Å². The molecule has 1 fully saturated rings. The zero-order chi connectivity index (χ0) is 21.4. The number of benzene rings is 1. The molecule has 2 unspecified atom stereocenters. The fourth-order valence-corrected chi connectivity index (χ4v) is 3.46. The minimum atomic E-state index is -1.27. The Labute approximate surface area is 171 Å². The van der Waals surface area contributed by atoms with Crippen molar-refractivity contribution in [2.24, 2.45) is 5.73 Å². The Morgan fingerprint density at radius 3 is 2.73 bits per heavy atom. The first kappa shape index (κ1) is 19.9. The molecule has 7 N–H and O–H groups in total. The number of aliphatic hydroxyl groups excluding tert-OH is 2. The Balaban J connectivity index is 1.66. The van der Waals surface area contributed by atoms with Gasteiger partial charge in [-0.25, -0.2) is 9.97 Å². The molecule has 1 amide bonds. The molecule has 11 heteroatoms. The predicted molar refractivity (Wildman–Crippen MR) is 106 cm³/mol. The number of carbonyl (C=O) groups excluding carboxylic acids is 1. The van der Waals surface area contributed by atoms with E-state index in [1.165, 1.54) is 22.2 Å². The van der Waals surface area contributed by atoms with Crippen LogP contribution < -0.4 is 21.3 Å². The maximum absolute atomic E-state index is 12.8. The van der Waals surface area contributed by atoms with Crippen LogP contribution in [0.4, 0.5) is 17.3 Å². The van der Waals surface area contributed by atoms with E-state index in [1.807, 2.05) is 0 Å². The summed E-state index contributed by atoms with van der Waals surface area (Å²) in [5.74, 6) is 4.73. The van der Waals surface area contributed by atoms with E-state index in [4.69, 9.17) is 16.2 Å². The summed E-state index contributed by atoms with van der Waals surface area (Å²) in [5, 5.41) is 30.4. The topological polar surface area (TPSA) is 171 Å². The molecule has 1 saturated heterocycles. The first-order valence-corrected chi connectivity index (χ1v) is 9.12. The molecule has 11 nitrogen and oxygen atoms in total. The van der Waals surface area contributed by atoms with Gasteiger partial charge in [0.25, 0.3) is 0 Å². The van der Waals surface area contributed by atoms with E-state index >= 15 is 0 Å². The minimum absolute atomic E-state index is 0.00995. The third kappa shape index (κ3) is 3.27. The normalized spacial score (nSPS) is 25.0. The van der Waals surface area contributed by atoms with E-state index in [2.05, 4.69) is 21.8 Å². The summed E-state index contributed by atoms with van der Waals surface area (Å²) in [6, 6.07) is 6.37. The highest BCUT2D eigenvalue weighted by Crippen LogP contribution is 2.41. The van der Waals surface area contributed by atoms with Crippen molar-refractivity contribution < 1.29 is 24.9 Å². The number of phenolic OH excluding ortho intramolecular Hbond substituents is 1. The summed E-state index contributed by atoms with van der Waals surface area (Å²) in [4.78, 5) is 23.7. The van der Waals surface area contributed by atoms with Crippen molar-refractivity contribution in [3.63, 3.8) is 0 Å². The number of carbonyl (C=O) groups is 1. The number of nitrogens with zero attached hydrogens (tertiary/aromatic N) is 4. The van der Waals surface area contributed by atoms with Crippen LogP contribution in [0.25, 0.3) is 0 Å². The summed E-state index contributed by atoms with van der Waals surface area (Å²) in [6.45, 7) is -0.0751. The van der Waals surface area contributed by atoms with E-state index in [1.54, 1.807) is 18.2 Å². The number of ether oxygens (including phenoxy) is 1. The van der Waals surface area contributed by atoms with Gasteiger partial charge in [-0.2, -0.15) is 0 Å². The van der Waals surface area contributed by atoms with Crippen LogP contribution in [0.3, 0.4) is 0 Å². The zero-order valence-electron chi connectivity index (χ0n) is 15.7. The number of nitrogens with two attached hydrogens (primary N) is 2. The SMILES string of the molecule is NC[C@H]1O[C@@H](N2CN(C(=O)C#Cc3ccccc3O)c3c(N)ncnc32)C(O)C1O. The lowest BCUT2D eigenvalue weighted by molar-refractivity contribution is -0.113. The third-order valence-corrected chi connectivity index (χ3v) is 5.00. The lowest BCUT2D eigenvalue weighted by Gasteiger charge is -2.27. The predicted octanol–water partition coefficient (Wildman–Crippen LogP) is -1.67. The molecule has 0 bridgehead atoms. The second-order valence-corrected chi connectivity index (χ2v) is 6.82. The monoisotopic (exact) mass is 412 g/mol. The number of aromatic nitrogens is 2. The zero-order valence-corrected chi connectivity index (χ0v) is 15.7. The smallest absolute Gasteiger partial charge is 0.304 e. The summed E-state index contributed by atoms with van der Waals surface area (Å²) >= 11 is 0. The Kier molecular flexibility index (Phi) is 5.15. The van der Waals surface area contributed by atoms with Crippen molar-refractivity contribution in [3.8, 4) is 17.6 Å². The fourth-order valence-electron chi connectivity index (χ4n) is 3.46. The van der Waals surface area contributed by atoms with Crippen LogP contribution in [0, 0.1) is 11.8 Å². The van der Waals surface area contributed by atoms with Gasteiger partial charge < -0.3 is 36.4 Å². The molecule has 30 heavy (non-hydrogen) atoms. The third-order valence-electron chi connectivity index (χ3n) is 5.00. The number of para-hydroxylation sites is 1. The molecule has 0 spiro atoms. The lowest BCUT2D eigenvalue weighted by Crippen LogP contribution is -2.47. The van der Waals surface area contributed by atoms with Crippen molar-refractivity contribution in [1.82, 2.24) is 9.97 Å². The molecule has 2 aliphatic rings. The molecular formula is C19H20N6O5. The van der Waals surface area contributed by atoms with Gasteiger partial charge in [0.2, 0.25) is 0 Å². The molecule has 0 saturated carbocycles. The number of anilines is 3. The van der Waals surface area contributed by atoms with Crippen LogP contribution in [0.15, 0.2) is 30.6 Å². The molecule has 156 valence electrons. The number of phenols is 1. The summed E-state index contributed by atoms with van der Waals surface area (Å²) in [7, 11) is 0. The molecule has 1 aromatic heterocycles. The van der Waals surface area contributed by atoms with Gasteiger partial charge in [0, 0.05) is 12.5 Å². The van der Waals surface area contributed by atoms with Crippen LogP contribution in [-0.2, 0) is 9.53 Å². The van der Waals surface area contributed by atoms with Crippen molar-refractivity contribution >= 4 is 23.2 Å². The Morgan fingerprint density at radius 1 is 1.27 bits per heavy atom. The van der Waals surface area contributed by atoms with Gasteiger partial charge in [0.15, 0.2) is 17.9 Å². The highest BCUT2D eigenvalue weighted by atomic mass is 16.6. The maximum Gasteiger partial charge on any atom is 0.304 e. The summed E-state index contributed by atoms with van der Waals surface area (Å²) in [6.07, 6.45) is -3.00. The molecule has 4 atom stereocenters. The number of nitrogen functional groups attached to an aromatic ring is 1. The van der Waals surface area contributed by atoms with E-state index in [-0.39, 0.29) is 36.3 Å². The first-order chi connectivity index (χ1) is 14.4. The van der Waals surface area contributed by atoms with E-state index in [0.29, 0.717) is 5.56 Å². The van der Waals surface area contributed by atoms with Gasteiger partial charge in [0.05, 0.1) is 5.56 Å². The molecule has 0 radical (unpaired) electrons. The van der Waals surface area contributed by atoms with Gasteiger partial charge in [0.1, 0.15) is 42.7 Å². The average Bonchev–Trinajstić information content (AvgIpc) is 3.26. The molecule has 2 aliphatic heterocycles. The van der Waals surface area contributed by atoms with Crippen molar-refractivity contribution in [3.05, 3.63) is 36.2 Å². The Morgan fingerprint density at radius 2 is 2.03 bits per heavy atom. The molecule has 0 aliphatic carbocycles. The average molecular weight is 412 g/mol. The Bertz CT molecular complexity index is 1040. The maximum atomic E-state index is 12.8. The van der Waals surface area contributed by atoms with Crippen LogP contribution in [0.5, 0.6) is 5.75 Å². The van der Waals surface area contributed by atoms with Crippen molar-refractivity contribution in [2.45, 2.75) is 24.5 Å². The number of hydrogen-bond acceptors (Lipinski definition) is 10. The number of amides is 1. The molecule has 2 aromatic rings. The van der Waals surface area contributed by atoms with Gasteiger partial charge in [-0.3, -0.25) is 9.69 Å². The van der Waals surface area contributed by atoms with Gasteiger partial charge in [-0.05, 0) is 12.1 Å². The fraction of sp³-hybridized carbons (Fsp3) is 0.316. The van der Waals surface area contributed by atoms with Crippen LogP contribution in [-0.4, -0.2) is 68.9 Å². The lowest BCUT2D eigenvalue weighted by atomic mass is 10.1. The van der Waals surface area contributed by atoms with Crippen molar-refractivity contribution in [2.75, 3.05) is 28.7 Å². The summed E-state index contributed by atoms with van der Waals surface area (Å²) in [5.41, 5.74) is 12.1. The van der Waals surface area contributed by atoms with Gasteiger partial charge >= 0.3 is 5.91 Å². The van der Waals surface area contributed by atoms with E-state index in [9.17, 15) is 20.1 Å². The van der Waals surface area contributed by atoms with Gasteiger partial charge in [-0.15, -0.1) is 0 Å². The quantitative estimate of drug-likeness (QED) is 0.359. The van der Waals surface area contributed by atoms with E-state index < -0.39 is 30.4 Å². The molecular weight excluding hydrogens is 392 g/mol. The largest absolute Gasteiger partial charge is 0.507 e. The number of rotatable bonds is 2. The summed E-state index contributed by atoms with van der Waals surface area (Å²) < 4.78 is 5.68.